The molecule has 2 unspecified atom stereocenters. The minimum absolute atomic E-state index is 0.352. The minimum atomic E-state index is -0.826. The highest BCUT2D eigenvalue weighted by molar-refractivity contribution is 5.71. The summed E-state index contributed by atoms with van der Waals surface area (Å²) in [5, 5.41) is 27.6. The largest absolute Gasteiger partial charge is 0.481 e. The number of hydrogen-bond donors (Lipinski definition) is 3. The van der Waals surface area contributed by atoms with Crippen molar-refractivity contribution in [2.75, 3.05) is 31.1 Å². The predicted molar refractivity (Wildman–Crippen MR) is 121 cm³/mol. The molecular formula is C23H29N7O2. The highest BCUT2D eigenvalue weighted by Gasteiger charge is 2.32. The third-order valence-electron chi connectivity index (χ3n) is 6.00. The summed E-state index contributed by atoms with van der Waals surface area (Å²) in [6, 6.07) is 12.4. The first kappa shape index (κ1) is 21.9. The van der Waals surface area contributed by atoms with Crippen molar-refractivity contribution in [3.8, 4) is 11.1 Å². The zero-order chi connectivity index (χ0) is 22.3. The first-order valence-corrected chi connectivity index (χ1v) is 11.1. The van der Waals surface area contributed by atoms with E-state index in [1.807, 2.05) is 31.3 Å². The van der Waals surface area contributed by atoms with Gasteiger partial charge in [0.25, 0.3) is 0 Å². The van der Waals surface area contributed by atoms with Crippen LogP contribution >= 0.6 is 0 Å². The number of carboxylic acid groups (broad SMARTS) is 1. The number of carbonyl (C=O) groups is 1. The van der Waals surface area contributed by atoms with Crippen LogP contribution in [-0.4, -0.2) is 62.9 Å². The molecule has 4 rings (SSSR count). The Morgan fingerprint density at radius 1 is 1.19 bits per heavy atom. The first-order valence-electron chi connectivity index (χ1n) is 11.1. The molecule has 9 nitrogen and oxygen atoms in total. The molecule has 9 heteroatoms. The number of hydrogen-bond acceptors (Lipinski definition) is 7. The molecule has 3 N–H and O–H groups in total. The van der Waals surface area contributed by atoms with Gasteiger partial charge in [0.1, 0.15) is 5.82 Å². The van der Waals surface area contributed by atoms with Crippen LogP contribution in [0.5, 0.6) is 0 Å². The van der Waals surface area contributed by atoms with Gasteiger partial charge in [0.2, 0.25) is 0 Å². The zero-order valence-corrected chi connectivity index (χ0v) is 18.2. The standard InChI is InChI=1S/C23H29N7O2/c1-2-4-19(23(31)32)20(22-26-28-29-27-22)14-16-5-3-6-17(13-16)18-7-8-25-21(15-18)30-11-9-24-10-12-30/h3,5-8,13,15,19-20,24H,2,4,9-12,14H2,1H3,(H,31,32)(H,26,27,28,29). The summed E-state index contributed by atoms with van der Waals surface area (Å²) in [4.78, 5) is 18.8. The van der Waals surface area contributed by atoms with Crippen LogP contribution in [0.15, 0.2) is 42.6 Å². The number of H-pyrrole nitrogens is 1. The minimum Gasteiger partial charge on any atom is -0.481 e. The second-order valence-corrected chi connectivity index (χ2v) is 8.15. The van der Waals surface area contributed by atoms with E-state index in [0.29, 0.717) is 18.7 Å². The topological polar surface area (TPSA) is 120 Å². The van der Waals surface area contributed by atoms with Crippen molar-refractivity contribution in [3.63, 3.8) is 0 Å². The summed E-state index contributed by atoms with van der Waals surface area (Å²) in [6.45, 7) is 5.79. The van der Waals surface area contributed by atoms with Crippen LogP contribution in [-0.2, 0) is 11.2 Å². The number of nitrogens with zero attached hydrogens (tertiary/aromatic N) is 5. The van der Waals surface area contributed by atoms with Gasteiger partial charge < -0.3 is 15.3 Å². The van der Waals surface area contributed by atoms with Crippen molar-refractivity contribution in [1.29, 1.82) is 0 Å². The molecule has 2 atom stereocenters. The molecule has 1 aliphatic rings. The summed E-state index contributed by atoms with van der Waals surface area (Å²) in [7, 11) is 0. The molecule has 0 saturated carbocycles. The van der Waals surface area contributed by atoms with Gasteiger partial charge in [-0.2, -0.15) is 5.21 Å². The van der Waals surface area contributed by atoms with Gasteiger partial charge in [-0.15, -0.1) is 10.2 Å². The van der Waals surface area contributed by atoms with Crippen LogP contribution in [0.1, 0.15) is 37.1 Å². The number of tetrazole rings is 1. The Balaban J connectivity index is 1.60. The Morgan fingerprint density at radius 3 is 2.72 bits per heavy atom. The molecule has 32 heavy (non-hydrogen) atoms. The van der Waals surface area contributed by atoms with E-state index in [1.165, 1.54) is 0 Å². The lowest BCUT2D eigenvalue weighted by molar-refractivity contribution is -0.142. The van der Waals surface area contributed by atoms with E-state index < -0.39 is 11.9 Å². The number of rotatable bonds is 9. The Bertz CT molecular complexity index is 1020. The van der Waals surface area contributed by atoms with Crippen molar-refractivity contribution in [2.24, 2.45) is 5.92 Å². The Morgan fingerprint density at radius 2 is 2.00 bits per heavy atom. The van der Waals surface area contributed by atoms with Crippen LogP contribution in [0, 0.1) is 5.92 Å². The fourth-order valence-electron chi connectivity index (χ4n) is 4.34. The highest BCUT2D eigenvalue weighted by Crippen LogP contribution is 2.31. The third kappa shape index (κ3) is 5.11. The van der Waals surface area contributed by atoms with E-state index in [-0.39, 0.29) is 5.92 Å². The predicted octanol–water partition coefficient (Wildman–Crippen LogP) is 2.50. The van der Waals surface area contributed by atoms with Gasteiger partial charge in [0.15, 0.2) is 5.82 Å². The van der Waals surface area contributed by atoms with Crippen LogP contribution < -0.4 is 10.2 Å². The summed E-state index contributed by atoms with van der Waals surface area (Å²) in [5.41, 5.74) is 3.21. The molecule has 3 aromatic rings. The van der Waals surface area contributed by atoms with Gasteiger partial charge >= 0.3 is 5.97 Å². The summed E-state index contributed by atoms with van der Waals surface area (Å²) >= 11 is 0. The number of benzene rings is 1. The zero-order valence-electron chi connectivity index (χ0n) is 18.2. The van der Waals surface area contributed by atoms with Gasteiger partial charge in [0.05, 0.1) is 5.92 Å². The fraction of sp³-hybridized carbons (Fsp3) is 0.435. The molecule has 1 aromatic carbocycles. The van der Waals surface area contributed by atoms with Crippen LogP contribution in [0.2, 0.25) is 0 Å². The molecule has 1 saturated heterocycles. The van der Waals surface area contributed by atoms with Crippen molar-refractivity contribution in [2.45, 2.75) is 32.1 Å². The fourth-order valence-corrected chi connectivity index (χ4v) is 4.34. The molecule has 2 aromatic heterocycles. The third-order valence-corrected chi connectivity index (χ3v) is 6.00. The van der Waals surface area contributed by atoms with E-state index in [0.717, 1.165) is 55.1 Å². The molecule has 3 heterocycles. The number of anilines is 1. The first-order chi connectivity index (χ1) is 15.7. The average molecular weight is 436 g/mol. The van der Waals surface area contributed by atoms with E-state index in [2.05, 4.69) is 54.0 Å². The van der Waals surface area contributed by atoms with Gasteiger partial charge in [-0.1, -0.05) is 42.8 Å². The quantitative estimate of drug-likeness (QED) is 0.469. The number of aliphatic carboxylic acids is 1. The molecule has 168 valence electrons. The molecular weight excluding hydrogens is 406 g/mol. The maximum Gasteiger partial charge on any atom is 0.307 e. The summed E-state index contributed by atoms with van der Waals surface area (Å²) in [6.07, 6.45) is 3.72. The Labute approximate surface area is 187 Å². The van der Waals surface area contributed by atoms with Gasteiger partial charge in [-0.25, -0.2) is 4.98 Å². The van der Waals surface area contributed by atoms with E-state index in [4.69, 9.17) is 0 Å². The van der Waals surface area contributed by atoms with Crippen LogP contribution in [0.4, 0.5) is 5.82 Å². The van der Waals surface area contributed by atoms with Crippen molar-refractivity contribution < 1.29 is 9.90 Å². The monoisotopic (exact) mass is 435 g/mol. The van der Waals surface area contributed by atoms with E-state index in [9.17, 15) is 9.90 Å². The maximum absolute atomic E-state index is 12.0. The van der Waals surface area contributed by atoms with Crippen LogP contribution in [0.25, 0.3) is 11.1 Å². The average Bonchev–Trinajstić information content (AvgIpc) is 3.37. The Hall–Kier alpha value is -3.33. The maximum atomic E-state index is 12.0. The molecule has 0 radical (unpaired) electrons. The Kier molecular flexibility index (Phi) is 7.06. The second-order valence-electron chi connectivity index (χ2n) is 8.15. The molecule has 0 bridgehead atoms. The van der Waals surface area contributed by atoms with Crippen molar-refractivity contribution in [1.82, 2.24) is 30.9 Å². The molecule has 0 aliphatic carbocycles. The van der Waals surface area contributed by atoms with E-state index >= 15 is 0 Å². The lowest BCUT2D eigenvalue weighted by atomic mass is 9.83. The molecule has 0 spiro atoms. The van der Waals surface area contributed by atoms with E-state index in [1.54, 1.807) is 0 Å². The smallest absolute Gasteiger partial charge is 0.307 e. The summed E-state index contributed by atoms with van der Waals surface area (Å²) < 4.78 is 0. The summed E-state index contributed by atoms with van der Waals surface area (Å²) in [5.74, 6) is -0.321. The lowest BCUT2D eigenvalue weighted by Gasteiger charge is -2.28. The normalized spacial score (nSPS) is 16.0. The number of aromatic nitrogens is 5. The van der Waals surface area contributed by atoms with Gasteiger partial charge in [0, 0.05) is 38.3 Å². The van der Waals surface area contributed by atoms with Gasteiger partial charge in [-0.3, -0.25) is 4.79 Å². The number of carboxylic acids is 1. The molecule has 1 fully saturated rings. The number of piperazine rings is 1. The highest BCUT2D eigenvalue weighted by atomic mass is 16.4. The van der Waals surface area contributed by atoms with Crippen LogP contribution in [0.3, 0.4) is 0 Å². The number of pyridine rings is 1. The molecule has 1 aliphatic heterocycles. The SMILES string of the molecule is CCCC(C(=O)O)C(Cc1cccc(-c2ccnc(N3CCNCC3)c2)c1)c1nn[nH]n1. The number of nitrogens with one attached hydrogen (secondary N) is 2. The number of aromatic amines is 1. The van der Waals surface area contributed by atoms with Crippen molar-refractivity contribution in [3.05, 3.63) is 54.0 Å². The second kappa shape index (κ2) is 10.3. The van der Waals surface area contributed by atoms with Crippen molar-refractivity contribution >= 4 is 11.8 Å². The lowest BCUT2D eigenvalue weighted by Crippen LogP contribution is -2.43. The van der Waals surface area contributed by atoms with Gasteiger partial charge in [-0.05, 0) is 41.7 Å². The molecule has 0 amide bonds.